The van der Waals surface area contributed by atoms with Crippen molar-refractivity contribution in [2.45, 2.75) is 13.1 Å². The van der Waals surface area contributed by atoms with Gasteiger partial charge < -0.3 is 0 Å². The lowest BCUT2D eigenvalue weighted by atomic mass is 10.1. The molecular weight excluding hydrogens is 296 g/mol. The summed E-state index contributed by atoms with van der Waals surface area (Å²) in [5, 5.41) is 17.7. The molecule has 2 aromatic heterocycles. The first kappa shape index (κ1) is 15.4. The zero-order valence-corrected chi connectivity index (χ0v) is 13.1. The molecule has 0 aliphatic rings. The van der Waals surface area contributed by atoms with Crippen LogP contribution in [0.5, 0.6) is 0 Å². The molecule has 0 aliphatic heterocycles. The Morgan fingerprint density at radius 2 is 1.08 bits per heavy atom. The highest BCUT2D eigenvalue weighted by molar-refractivity contribution is 5.25. The summed E-state index contributed by atoms with van der Waals surface area (Å²) < 4.78 is 4.10. The number of benzene rings is 1. The van der Waals surface area contributed by atoms with Gasteiger partial charge >= 0.3 is 0 Å². The maximum Gasteiger partial charge on any atom is 0.173 e. The molecule has 1 aromatic carbocycles. The van der Waals surface area contributed by atoms with Gasteiger partial charge in [0.25, 0.3) is 0 Å². The molecule has 0 bridgehead atoms. The summed E-state index contributed by atoms with van der Waals surface area (Å²) in [5.41, 5.74) is 3.74. The summed E-state index contributed by atoms with van der Waals surface area (Å²) in [7, 11) is 0. The minimum atomic E-state index is 0.664. The summed E-state index contributed by atoms with van der Waals surface area (Å²) in [4.78, 5) is 0. The van der Waals surface area contributed by atoms with E-state index < -0.39 is 0 Å². The predicted molar refractivity (Wildman–Crippen MR) is 87.4 cm³/mol. The van der Waals surface area contributed by atoms with E-state index in [1.165, 1.54) is 11.1 Å². The van der Waals surface area contributed by atoms with E-state index in [0.29, 0.717) is 11.1 Å². The number of nitrogens with zero attached hydrogens (tertiary/aromatic N) is 4. The Hall–Kier alpha value is -3.50. The van der Waals surface area contributed by atoms with Crippen LogP contribution in [0.3, 0.4) is 0 Å². The second-order valence-corrected chi connectivity index (χ2v) is 5.56. The van der Waals surface area contributed by atoms with E-state index in [4.69, 9.17) is 10.5 Å². The van der Waals surface area contributed by atoms with Gasteiger partial charge in [-0.2, -0.15) is 10.5 Å². The first-order valence-electron chi connectivity index (χ1n) is 7.63. The number of pyridine rings is 2. The van der Waals surface area contributed by atoms with Gasteiger partial charge in [0.2, 0.25) is 0 Å². The molecule has 3 aromatic rings. The van der Waals surface area contributed by atoms with E-state index in [9.17, 15) is 0 Å². The van der Waals surface area contributed by atoms with Crippen LogP contribution in [0.4, 0.5) is 0 Å². The van der Waals surface area contributed by atoms with Crippen LogP contribution < -0.4 is 9.13 Å². The summed E-state index contributed by atoms with van der Waals surface area (Å²) in [5.74, 6) is 0. The lowest BCUT2D eigenvalue weighted by molar-refractivity contribution is -0.689. The summed E-state index contributed by atoms with van der Waals surface area (Å²) >= 11 is 0. The molecule has 0 saturated heterocycles. The Balaban J connectivity index is 1.73. The number of hydrogen-bond donors (Lipinski definition) is 0. The zero-order chi connectivity index (χ0) is 16.8. The molecule has 0 aliphatic carbocycles. The fourth-order valence-corrected chi connectivity index (χ4v) is 2.52. The standard InChI is InChI=1S/C20H16N4/c21-13-17-4-8-23(9-5-17)15-19-2-1-3-20(12-19)16-24-10-6-18(14-22)7-11-24/h1-12H,15-16H2/q+2. The van der Waals surface area contributed by atoms with Crippen LogP contribution in [0.15, 0.2) is 73.3 Å². The number of rotatable bonds is 4. The first-order chi connectivity index (χ1) is 11.8. The number of aromatic nitrogens is 2. The molecule has 0 N–H and O–H groups in total. The normalized spacial score (nSPS) is 9.92. The van der Waals surface area contributed by atoms with Crippen LogP contribution in [-0.4, -0.2) is 0 Å². The van der Waals surface area contributed by atoms with Gasteiger partial charge in [0.05, 0.1) is 23.3 Å². The van der Waals surface area contributed by atoms with Crippen LogP contribution in [0.1, 0.15) is 22.3 Å². The van der Waals surface area contributed by atoms with Gasteiger partial charge in [-0.05, 0) is 6.07 Å². The Kier molecular flexibility index (Phi) is 4.60. The lowest BCUT2D eigenvalue weighted by Crippen LogP contribution is -2.34. The average Bonchev–Trinajstić information content (AvgIpc) is 2.63. The fourth-order valence-electron chi connectivity index (χ4n) is 2.52. The third kappa shape index (κ3) is 3.82. The van der Waals surface area contributed by atoms with Crippen molar-refractivity contribution in [2.24, 2.45) is 0 Å². The van der Waals surface area contributed by atoms with Crippen molar-refractivity contribution in [3.8, 4) is 12.1 Å². The minimum absolute atomic E-state index is 0.664. The molecule has 2 heterocycles. The fraction of sp³-hybridized carbons (Fsp3) is 0.100. The first-order valence-corrected chi connectivity index (χ1v) is 7.63. The van der Waals surface area contributed by atoms with Crippen LogP contribution in [-0.2, 0) is 13.1 Å². The van der Waals surface area contributed by atoms with E-state index in [1.807, 2.05) is 49.1 Å². The van der Waals surface area contributed by atoms with E-state index >= 15 is 0 Å². The third-order valence-corrected chi connectivity index (χ3v) is 3.76. The maximum absolute atomic E-state index is 8.85. The van der Waals surface area contributed by atoms with Crippen LogP contribution in [0, 0.1) is 22.7 Å². The monoisotopic (exact) mass is 312 g/mol. The molecule has 0 saturated carbocycles. The minimum Gasteiger partial charge on any atom is -0.201 e. The van der Waals surface area contributed by atoms with Crippen molar-refractivity contribution in [2.75, 3.05) is 0 Å². The second kappa shape index (κ2) is 7.17. The molecule has 0 unspecified atom stereocenters. The van der Waals surface area contributed by atoms with Crippen molar-refractivity contribution < 1.29 is 9.13 Å². The highest BCUT2D eigenvalue weighted by atomic mass is 14.9. The van der Waals surface area contributed by atoms with Crippen LogP contribution >= 0.6 is 0 Å². The van der Waals surface area contributed by atoms with Crippen LogP contribution in [0.2, 0.25) is 0 Å². The van der Waals surface area contributed by atoms with E-state index in [1.54, 1.807) is 0 Å². The quantitative estimate of drug-likeness (QED) is 0.693. The molecule has 4 nitrogen and oxygen atoms in total. The molecule has 0 amide bonds. The van der Waals surface area contributed by atoms with Gasteiger partial charge in [-0.15, -0.1) is 0 Å². The maximum atomic E-state index is 8.85. The van der Waals surface area contributed by atoms with E-state index in [0.717, 1.165) is 13.1 Å². The van der Waals surface area contributed by atoms with Crippen molar-refractivity contribution in [3.63, 3.8) is 0 Å². The van der Waals surface area contributed by atoms with Crippen LogP contribution in [0.25, 0.3) is 0 Å². The van der Waals surface area contributed by atoms with E-state index in [-0.39, 0.29) is 0 Å². The van der Waals surface area contributed by atoms with Gasteiger partial charge in [-0.3, -0.25) is 0 Å². The van der Waals surface area contributed by atoms with Gasteiger partial charge in [0, 0.05) is 35.4 Å². The highest BCUT2D eigenvalue weighted by Gasteiger charge is 2.07. The molecule has 0 radical (unpaired) electrons. The largest absolute Gasteiger partial charge is 0.201 e. The number of hydrogen-bond acceptors (Lipinski definition) is 2. The van der Waals surface area contributed by atoms with Crippen molar-refractivity contribution in [3.05, 3.63) is 95.6 Å². The molecule has 4 heteroatoms. The van der Waals surface area contributed by atoms with Crippen molar-refractivity contribution in [1.82, 2.24) is 0 Å². The van der Waals surface area contributed by atoms with E-state index in [2.05, 4.69) is 45.5 Å². The molecule has 0 atom stereocenters. The van der Waals surface area contributed by atoms with Crippen molar-refractivity contribution in [1.29, 1.82) is 10.5 Å². The summed E-state index contributed by atoms with van der Waals surface area (Å²) in [6.45, 7) is 1.52. The molecule has 0 spiro atoms. The smallest absolute Gasteiger partial charge is 0.173 e. The highest BCUT2D eigenvalue weighted by Crippen LogP contribution is 2.05. The number of nitriles is 2. The van der Waals surface area contributed by atoms with Crippen molar-refractivity contribution >= 4 is 0 Å². The topological polar surface area (TPSA) is 55.3 Å². The molecule has 0 fully saturated rings. The van der Waals surface area contributed by atoms with Gasteiger partial charge in [0.1, 0.15) is 0 Å². The molecule has 24 heavy (non-hydrogen) atoms. The van der Waals surface area contributed by atoms with Gasteiger partial charge in [-0.1, -0.05) is 18.2 Å². The average molecular weight is 312 g/mol. The molecule has 3 rings (SSSR count). The molecule has 114 valence electrons. The second-order valence-electron chi connectivity index (χ2n) is 5.56. The zero-order valence-electron chi connectivity index (χ0n) is 13.1. The summed E-state index contributed by atoms with van der Waals surface area (Å²) in [6, 6.07) is 19.9. The van der Waals surface area contributed by atoms with Gasteiger partial charge in [0.15, 0.2) is 37.9 Å². The summed E-state index contributed by atoms with van der Waals surface area (Å²) in [6.07, 6.45) is 7.67. The Morgan fingerprint density at radius 3 is 1.46 bits per heavy atom. The SMILES string of the molecule is N#Cc1cc[n+](Cc2cccc(C[n+]3ccc(C#N)cc3)c2)cc1. The molecular formula is C20H16N4+2. The lowest BCUT2D eigenvalue weighted by Gasteiger charge is -2.02. The third-order valence-electron chi connectivity index (χ3n) is 3.76. The Labute approximate surface area is 141 Å². The van der Waals surface area contributed by atoms with Gasteiger partial charge in [-0.25, -0.2) is 9.13 Å². The Morgan fingerprint density at radius 1 is 0.667 bits per heavy atom. The predicted octanol–water partition coefficient (Wildman–Crippen LogP) is 2.10. The Bertz CT molecular complexity index is 839.